The lowest BCUT2D eigenvalue weighted by molar-refractivity contribution is 1.14. The number of aromatic nitrogens is 2. The van der Waals surface area contributed by atoms with Crippen LogP contribution in [-0.4, -0.2) is 9.38 Å². The molecule has 0 saturated heterocycles. The molecule has 0 radical (unpaired) electrons. The van der Waals surface area contributed by atoms with Gasteiger partial charge in [-0.25, -0.2) is 0 Å². The molecule has 4 aromatic rings. The van der Waals surface area contributed by atoms with Crippen molar-refractivity contribution in [3.63, 3.8) is 0 Å². The molecule has 24 heavy (non-hydrogen) atoms. The zero-order valence-corrected chi connectivity index (χ0v) is 12.4. The molecule has 0 aliphatic heterocycles. The van der Waals surface area contributed by atoms with E-state index in [2.05, 4.69) is 17.1 Å². The normalized spacial score (nSPS) is 10.6. The maximum absolute atomic E-state index is 12.3. The average molecular weight is 310 g/mol. The molecule has 2 aromatic carbocycles. The fourth-order valence-corrected chi connectivity index (χ4v) is 3.07. The Hall–Kier alpha value is -3.83. The summed E-state index contributed by atoms with van der Waals surface area (Å²) in [6.45, 7) is 0. The minimum absolute atomic E-state index is 0.281. The smallest absolute Gasteiger partial charge is 0.258 e. The quantitative estimate of drug-likeness (QED) is 0.586. The van der Waals surface area contributed by atoms with Crippen LogP contribution in [0.2, 0.25) is 0 Å². The number of fused-ring (bicyclic) bond motifs is 3. The molecule has 0 bridgehead atoms. The van der Waals surface area contributed by atoms with Crippen molar-refractivity contribution >= 4 is 16.6 Å². The summed E-state index contributed by atoms with van der Waals surface area (Å²) < 4.78 is 1.65. The lowest BCUT2D eigenvalue weighted by Gasteiger charge is -2.03. The van der Waals surface area contributed by atoms with Crippen molar-refractivity contribution in [2.45, 2.75) is 0 Å². The summed E-state index contributed by atoms with van der Waals surface area (Å²) in [6.07, 6.45) is 0. The second kappa shape index (κ2) is 5.12. The van der Waals surface area contributed by atoms with Crippen molar-refractivity contribution in [1.82, 2.24) is 9.38 Å². The Bertz CT molecular complexity index is 1230. The molecule has 0 aliphatic rings. The van der Waals surface area contributed by atoms with E-state index in [9.17, 15) is 15.3 Å². The maximum Gasteiger partial charge on any atom is 0.258 e. The largest absolute Gasteiger partial charge is 0.306 e. The molecule has 0 amide bonds. The number of aromatic amines is 1. The Kier molecular flexibility index (Phi) is 2.94. The summed E-state index contributed by atoms with van der Waals surface area (Å²) in [5, 5.41) is 19.9. The number of nitrogens with zero attached hydrogens (tertiary/aromatic N) is 3. The fourth-order valence-electron chi connectivity index (χ4n) is 3.07. The SMILES string of the molecule is N#Cc1c(-c2ccccc2)c(C#N)n2c1[nH]c(=O)c1ccccc12. The van der Waals surface area contributed by atoms with E-state index in [-0.39, 0.29) is 5.56 Å². The number of H-pyrrole nitrogens is 1. The van der Waals surface area contributed by atoms with Gasteiger partial charge < -0.3 is 4.98 Å². The van der Waals surface area contributed by atoms with Crippen LogP contribution >= 0.6 is 0 Å². The monoisotopic (exact) mass is 310 g/mol. The van der Waals surface area contributed by atoms with Crippen LogP contribution in [0.5, 0.6) is 0 Å². The molecular formula is C19H10N4O. The highest BCUT2D eigenvalue weighted by Crippen LogP contribution is 2.32. The minimum Gasteiger partial charge on any atom is -0.306 e. The second-order valence-electron chi connectivity index (χ2n) is 5.34. The predicted octanol–water partition coefficient (Wildman–Crippen LogP) is 3.19. The molecule has 0 atom stereocenters. The van der Waals surface area contributed by atoms with E-state index in [1.54, 1.807) is 28.7 Å². The van der Waals surface area contributed by atoms with Gasteiger partial charge in [0.25, 0.3) is 5.56 Å². The number of rotatable bonds is 1. The van der Waals surface area contributed by atoms with E-state index in [0.29, 0.717) is 33.4 Å². The Morgan fingerprint density at radius 1 is 0.917 bits per heavy atom. The van der Waals surface area contributed by atoms with Gasteiger partial charge in [-0.3, -0.25) is 9.20 Å². The van der Waals surface area contributed by atoms with Crippen molar-refractivity contribution in [1.29, 1.82) is 10.5 Å². The molecule has 0 fully saturated rings. The van der Waals surface area contributed by atoms with Crippen molar-refractivity contribution in [3.05, 3.63) is 76.2 Å². The molecular weight excluding hydrogens is 300 g/mol. The molecule has 0 saturated carbocycles. The summed E-state index contributed by atoms with van der Waals surface area (Å²) in [4.78, 5) is 15.1. The van der Waals surface area contributed by atoms with Gasteiger partial charge in [-0.05, 0) is 17.7 Å². The Labute approximate surface area is 136 Å². The van der Waals surface area contributed by atoms with Gasteiger partial charge in [-0.15, -0.1) is 0 Å². The van der Waals surface area contributed by atoms with Crippen molar-refractivity contribution in [3.8, 4) is 23.3 Å². The first-order chi connectivity index (χ1) is 11.8. The summed E-state index contributed by atoms with van der Waals surface area (Å²) >= 11 is 0. The van der Waals surface area contributed by atoms with Gasteiger partial charge in [0.15, 0.2) is 0 Å². The molecule has 0 aliphatic carbocycles. The van der Waals surface area contributed by atoms with Crippen LogP contribution in [0.3, 0.4) is 0 Å². The zero-order valence-electron chi connectivity index (χ0n) is 12.4. The van der Waals surface area contributed by atoms with Crippen molar-refractivity contribution in [2.24, 2.45) is 0 Å². The first-order valence-corrected chi connectivity index (χ1v) is 7.31. The maximum atomic E-state index is 12.3. The number of hydrogen-bond donors (Lipinski definition) is 1. The fraction of sp³-hybridized carbons (Fsp3) is 0. The highest BCUT2D eigenvalue weighted by molar-refractivity contribution is 5.90. The topological polar surface area (TPSA) is 84.8 Å². The Morgan fingerprint density at radius 2 is 1.62 bits per heavy atom. The van der Waals surface area contributed by atoms with E-state index in [1.165, 1.54) is 0 Å². The molecule has 0 spiro atoms. The van der Waals surface area contributed by atoms with Gasteiger partial charge >= 0.3 is 0 Å². The van der Waals surface area contributed by atoms with E-state index in [4.69, 9.17) is 0 Å². The van der Waals surface area contributed by atoms with Gasteiger partial charge in [0.1, 0.15) is 29.0 Å². The van der Waals surface area contributed by atoms with Crippen LogP contribution in [-0.2, 0) is 0 Å². The Balaban J connectivity index is 2.32. The van der Waals surface area contributed by atoms with Crippen molar-refractivity contribution < 1.29 is 0 Å². The highest BCUT2D eigenvalue weighted by atomic mass is 16.1. The molecule has 5 nitrogen and oxygen atoms in total. The molecule has 0 unspecified atom stereocenters. The molecule has 5 heteroatoms. The van der Waals surface area contributed by atoms with E-state index >= 15 is 0 Å². The second-order valence-corrected chi connectivity index (χ2v) is 5.34. The van der Waals surface area contributed by atoms with Gasteiger partial charge in [0, 0.05) is 5.56 Å². The standard InChI is InChI=1S/C19H10N4O/c20-10-14-17(12-6-2-1-3-7-12)16(11-21)23-15-9-5-4-8-13(15)19(24)22-18(14)23/h1-9H,(H,22,24). The van der Waals surface area contributed by atoms with E-state index < -0.39 is 0 Å². The minimum atomic E-state index is -0.281. The first-order valence-electron chi connectivity index (χ1n) is 7.31. The molecule has 2 heterocycles. The van der Waals surface area contributed by atoms with Crippen molar-refractivity contribution in [2.75, 3.05) is 0 Å². The third-order valence-electron chi connectivity index (χ3n) is 4.07. The van der Waals surface area contributed by atoms with Crippen LogP contribution < -0.4 is 5.56 Å². The van der Waals surface area contributed by atoms with Crippen LogP contribution in [0, 0.1) is 22.7 Å². The molecule has 2 aromatic heterocycles. The number of benzene rings is 2. The number of hydrogen-bond acceptors (Lipinski definition) is 3. The molecule has 4 rings (SSSR count). The zero-order chi connectivity index (χ0) is 16.7. The van der Waals surface area contributed by atoms with Gasteiger partial charge in [-0.2, -0.15) is 10.5 Å². The Morgan fingerprint density at radius 3 is 2.33 bits per heavy atom. The summed E-state index contributed by atoms with van der Waals surface area (Å²) in [7, 11) is 0. The third-order valence-corrected chi connectivity index (χ3v) is 4.07. The number of para-hydroxylation sites is 1. The molecule has 112 valence electrons. The number of nitriles is 2. The van der Waals surface area contributed by atoms with Crippen LogP contribution in [0.25, 0.3) is 27.7 Å². The summed E-state index contributed by atoms with van der Waals surface area (Å²) in [6, 6.07) is 20.6. The highest BCUT2D eigenvalue weighted by Gasteiger charge is 2.22. The van der Waals surface area contributed by atoms with Crippen LogP contribution in [0.15, 0.2) is 59.4 Å². The molecule has 1 N–H and O–H groups in total. The van der Waals surface area contributed by atoms with Gasteiger partial charge in [0.05, 0.1) is 10.9 Å². The lowest BCUT2D eigenvalue weighted by atomic mass is 10.0. The van der Waals surface area contributed by atoms with Gasteiger partial charge in [0.2, 0.25) is 0 Å². The average Bonchev–Trinajstić information content (AvgIpc) is 2.96. The predicted molar refractivity (Wildman–Crippen MR) is 90.4 cm³/mol. The van der Waals surface area contributed by atoms with Gasteiger partial charge in [-0.1, -0.05) is 42.5 Å². The van der Waals surface area contributed by atoms with E-state index in [1.807, 2.05) is 30.3 Å². The van der Waals surface area contributed by atoms with Crippen LogP contribution in [0.4, 0.5) is 0 Å². The number of nitrogens with one attached hydrogen (secondary N) is 1. The van der Waals surface area contributed by atoms with E-state index in [0.717, 1.165) is 5.56 Å². The first kappa shape index (κ1) is 13.8. The summed E-state index contributed by atoms with van der Waals surface area (Å²) in [5.41, 5.74) is 2.59. The lowest BCUT2D eigenvalue weighted by Crippen LogP contribution is -2.10. The summed E-state index contributed by atoms with van der Waals surface area (Å²) in [5.74, 6) is 0. The van der Waals surface area contributed by atoms with Crippen LogP contribution in [0.1, 0.15) is 11.3 Å². The third kappa shape index (κ3) is 1.76.